The Bertz CT molecular complexity index is 248. The third kappa shape index (κ3) is 1.60. The molecule has 0 aliphatic heterocycles. The van der Waals surface area contributed by atoms with Crippen LogP contribution in [0.1, 0.15) is 0 Å². The first-order valence-electron chi connectivity index (χ1n) is 2.11. The van der Waals surface area contributed by atoms with Gasteiger partial charge in [0, 0.05) is 6.07 Å². The van der Waals surface area contributed by atoms with E-state index in [1.165, 1.54) is 0 Å². The average Bonchev–Trinajstić information content (AvgIpc) is 1.59. The number of rotatable bonds is 0. The Morgan fingerprint density at radius 3 is 2.89 bits per heavy atom. The fourth-order valence-electron chi connectivity index (χ4n) is 0.400. The summed E-state index contributed by atoms with van der Waals surface area (Å²) in [4.78, 5) is 15.4. The number of H-pyrrole nitrogens is 1. The average molecular weight is 193 g/mol. The highest BCUT2D eigenvalue weighted by atomic mass is 79.9. The van der Waals surface area contributed by atoms with Crippen molar-refractivity contribution < 1.29 is 4.39 Å². The SMILES string of the molecule is O=c1nc(Br)cc(F)[nH]1. The second kappa shape index (κ2) is 2.26. The summed E-state index contributed by atoms with van der Waals surface area (Å²) in [5.41, 5.74) is -0.693. The van der Waals surface area contributed by atoms with Gasteiger partial charge in [-0.2, -0.15) is 9.37 Å². The molecule has 1 aromatic rings. The van der Waals surface area contributed by atoms with E-state index in [0.29, 0.717) is 0 Å². The quantitative estimate of drug-likeness (QED) is 0.615. The Morgan fingerprint density at radius 1 is 1.78 bits per heavy atom. The standard InChI is InChI=1S/C4H2BrFN2O/c5-2-1-3(6)8-4(9)7-2/h1H,(H,7,8,9). The third-order valence-electron chi connectivity index (χ3n) is 0.681. The van der Waals surface area contributed by atoms with E-state index in [1.807, 2.05) is 4.98 Å². The highest BCUT2D eigenvalue weighted by molar-refractivity contribution is 9.10. The molecule has 3 nitrogen and oxygen atoms in total. The molecule has 0 radical (unpaired) electrons. The van der Waals surface area contributed by atoms with Crippen molar-refractivity contribution in [2.75, 3.05) is 0 Å². The molecular formula is C4H2BrFN2O. The minimum atomic E-state index is -0.693. The summed E-state index contributed by atoms with van der Waals surface area (Å²) >= 11 is 2.84. The van der Waals surface area contributed by atoms with Crippen LogP contribution in [0.25, 0.3) is 0 Å². The molecule has 0 aliphatic carbocycles. The van der Waals surface area contributed by atoms with E-state index in [4.69, 9.17) is 0 Å². The van der Waals surface area contributed by atoms with Gasteiger partial charge in [-0.05, 0) is 15.9 Å². The molecule has 48 valence electrons. The maximum absolute atomic E-state index is 12.1. The molecule has 0 spiro atoms. The summed E-state index contributed by atoms with van der Waals surface area (Å²) in [6.07, 6.45) is 0. The van der Waals surface area contributed by atoms with Crippen LogP contribution in [-0.4, -0.2) is 9.97 Å². The molecule has 0 aliphatic rings. The molecule has 1 aromatic heterocycles. The fraction of sp³-hybridized carbons (Fsp3) is 0. The van der Waals surface area contributed by atoms with Gasteiger partial charge in [0.2, 0.25) is 0 Å². The van der Waals surface area contributed by atoms with Crippen molar-refractivity contribution in [1.82, 2.24) is 9.97 Å². The van der Waals surface area contributed by atoms with Crippen LogP contribution in [-0.2, 0) is 0 Å². The molecule has 0 aromatic carbocycles. The maximum Gasteiger partial charge on any atom is 0.348 e. The molecule has 0 amide bonds. The second-order valence-corrected chi connectivity index (χ2v) is 2.17. The number of hydrogen-bond donors (Lipinski definition) is 1. The van der Waals surface area contributed by atoms with Gasteiger partial charge in [-0.3, -0.25) is 4.98 Å². The first kappa shape index (κ1) is 6.41. The van der Waals surface area contributed by atoms with Crippen molar-refractivity contribution in [2.24, 2.45) is 0 Å². The minimum Gasteiger partial charge on any atom is -0.282 e. The first-order chi connectivity index (χ1) is 4.18. The molecule has 0 atom stereocenters. The summed E-state index contributed by atoms with van der Waals surface area (Å²) in [5.74, 6) is -0.693. The van der Waals surface area contributed by atoms with Crippen molar-refractivity contribution >= 4 is 15.9 Å². The van der Waals surface area contributed by atoms with E-state index in [0.717, 1.165) is 6.07 Å². The monoisotopic (exact) mass is 192 g/mol. The molecule has 0 fully saturated rings. The molecule has 0 saturated heterocycles. The molecular weight excluding hydrogens is 191 g/mol. The van der Waals surface area contributed by atoms with Crippen LogP contribution in [0.3, 0.4) is 0 Å². The van der Waals surface area contributed by atoms with Gasteiger partial charge in [-0.15, -0.1) is 0 Å². The van der Waals surface area contributed by atoms with Gasteiger partial charge in [0.15, 0.2) is 5.95 Å². The van der Waals surface area contributed by atoms with Crippen LogP contribution < -0.4 is 5.69 Å². The summed E-state index contributed by atoms with van der Waals surface area (Å²) < 4.78 is 12.3. The van der Waals surface area contributed by atoms with Crippen molar-refractivity contribution in [3.8, 4) is 0 Å². The van der Waals surface area contributed by atoms with Crippen molar-refractivity contribution in [3.63, 3.8) is 0 Å². The number of nitrogens with one attached hydrogen (secondary N) is 1. The lowest BCUT2D eigenvalue weighted by Crippen LogP contribution is -2.11. The van der Waals surface area contributed by atoms with Crippen LogP contribution in [0.15, 0.2) is 15.5 Å². The van der Waals surface area contributed by atoms with Crippen LogP contribution in [0.2, 0.25) is 0 Å². The zero-order valence-corrected chi connectivity index (χ0v) is 5.77. The minimum absolute atomic E-state index is 0.198. The third-order valence-corrected chi connectivity index (χ3v) is 1.09. The van der Waals surface area contributed by atoms with Gasteiger partial charge >= 0.3 is 5.69 Å². The summed E-state index contributed by atoms with van der Waals surface area (Å²) in [5, 5.41) is 0. The van der Waals surface area contributed by atoms with Gasteiger partial charge in [0.25, 0.3) is 0 Å². The van der Waals surface area contributed by atoms with Crippen molar-refractivity contribution in [3.05, 3.63) is 27.1 Å². The van der Waals surface area contributed by atoms with Gasteiger partial charge < -0.3 is 0 Å². The number of nitrogens with zero attached hydrogens (tertiary/aromatic N) is 1. The van der Waals surface area contributed by atoms with Crippen LogP contribution >= 0.6 is 15.9 Å². The summed E-state index contributed by atoms with van der Waals surface area (Å²) in [6, 6.07) is 1.07. The molecule has 5 heteroatoms. The maximum atomic E-state index is 12.1. The number of hydrogen-bond acceptors (Lipinski definition) is 2. The Kier molecular flexibility index (Phi) is 1.61. The Balaban J connectivity index is 3.33. The zero-order chi connectivity index (χ0) is 6.85. The Labute approximate surface area is 58.1 Å². The smallest absolute Gasteiger partial charge is 0.282 e. The second-order valence-electron chi connectivity index (χ2n) is 1.36. The number of aromatic nitrogens is 2. The van der Waals surface area contributed by atoms with Crippen molar-refractivity contribution in [2.45, 2.75) is 0 Å². The Hall–Kier alpha value is -0.710. The van der Waals surface area contributed by atoms with Crippen LogP contribution in [0.5, 0.6) is 0 Å². The van der Waals surface area contributed by atoms with Gasteiger partial charge in [-0.25, -0.2) is 4.79 Å². The highest BCUT2D eigenvalue weighted by Gasteiger charge is 1.93. The fourth-order valence-corrected chi connectivity index (χ4v) is 0.762. The molecule has 1 heterocycles. The summed E-state index contributed by atoms with van der Waals surface area (Å²) in [6.45, 7) is 0. The van der Waals surface area contributed by atoms with Gasteiger partial charge in [-0.1, -0.05) is 0 Å². The van der Waals surface area contributed by atoms with Gasteiger partial charge in [0.05, 0.1) is 0 Å². The highest BCUT2D eigenvalue weighted by Crippen LogP contribution is 2.00. The van der Waals surface area contributed by atoms with E-state index in [1.54, 1.807) is 0 Å². The molecule has 1 rings (SSSR count). The van der Waals surface area contributed by atoms with Gasteiger partial charge in [0.1, 0.15) is 4.60 Å². The molecule has 0 saturated carbocycles. The molecule has 0 unspecified atom stereocenters. The molecule has 9 heavy (non-hydrogen) atoms. The first-order valence-corrected chi connectivity index (χ1v) is 2.90. The van der Waals surface area contributed by atoms with Crippen LogP contribution in [0.4, 0.5) is 4.39 Å². The lowest BCUT2D eigenvalue weighted by atomic mass is 10.7. The zero-order valence-electron chi connectivity index (χ0n) is 4.19. The number of aromatic amines is 1. The normalized spacial score (nSPS) is 9.56. The van der Waals surface area contributed by atoms with E-state index in [-0.39, 0.29) is 4.60 Å². The lowest BCUT2D eigenvalue weighted by Gasteiger charge is -1.85. The van der Waals surface area contributed by atoms with E-state index < -0.39 is 11.6 Å². The van der Waals surface area contributed by atoms with E-state index >= 15 is 0 Å². The largest absolute Gasteiger partial charge is 0.348 e. The van der Waals surface area contributed by atoms with Crippen molar-refractivity contribution in [1.29, 1.82) is 0 Å². The number of halogens is 2. The van der Waals surface area contributed by atoms with E-state index in [9.17, 15) is 9.18 Å². The van der Waals surface area contributed by atoms with Crippen LogP contribution in [0, 0.1) is 5.95 Å². The lowest BCUT2D eigenvalue weighted by molar-refractivity contribution is 0.571. The predicted molar refractivity (Wildman–Crippen MR) is 32.5 cm³/mol. The summed E-state index contributed by atoms with van der Waals surface area (Å²) in [7, 11) is 0. The molecule has 1 N–H and O–H groups in total. The van der Waals surface area contributed by atoms with E-state index in [2.05, 4.69) is 20.9 Å². The topological polar surface area (TPSA) is 45.8 Å². The Morgan fingerprint density at radius 2 is 2.44 bits per heavy atom. The predicted octanol–water partition coefficient (Wildman–Crippen LogP) is 0.671. The molecule has 0 bridgehead atoms.